The van der Waals surface area contributed by atoms with Crippen molar-refractivity contribution in [1.82, 2.24) is 0 Å². The molecule has 10 heteroatoms. The molecule has 0 saturated heterocycles. The number of aliphatic hydroxyl groups excluding tert-OH is 1. The number of carbonyl (C=O) groups is 1. The molecule has 4 nitrogen and oxygen atoms in total. The summed E-state index contributed by atoms with van der Waals surface area (Å²) in [7, 11) is 0. The number of halogens is 5. The average Bonchev–Trinajstić information content (AvgIpc) is 3.18. The largest absolute Gasteiger partial charge is 0.616 e. The van der Waals surface area contributed by atoms with Crippen molar-refractivity contribution < 1.29 is 41.1 Å². The summed E-state index contributed by atoms with van der Waals surface area (Å²) in [6.07, 6.45) is 4.10. The Labute approximate surface area is 245 Å². The first-order valence-electron chi connectivity index (χ1n) is 15.8. The van der Waals surface area contributed by atoms with E-state index >= 15 is 0 Å². The van der Waals surface area contributed by atoms with Gasteiger partial charge in [-0.3, -0.25) is 4.79 Å². The fraction of sp³-hybridized carbons (Fsp3) is 0.968. The van der Waals surface area contributed by atoms with Crippen molar-refractivity contribution in [3.05, 3.63) is 0 Å². The molecule has 4 unspecified atom stereocenters. The molecule has 4 aliphatic rings. The quantitative estimate of drug-likeness (QED) is 0.132. The van der Waals surface area contributed by atoms with Crippen LogP contribution in [0.25, 0.3) is 0 Å². The van der Waals surface area contributed by atoms with Crippen molar-refractivity contribution in [1.29, 1.82) is 0 Å². The summed E-state index contributed by atoms with van der Waals surface area (Å²) in [5.74, 6) is -2.24. The third-order valence-corrected chi connectivity index (χ3v) is 13.0. The van der Waals surface area contributed by atoms with Crippen molar-refractivity contribution in [3.63, 3.8) is 0 Å². The zero-order valence-corrected chi connectivity index (χ0v) is 25.5. The number of rotatable bonds is 13. The summed E-state index contributed by atoms with van der Waals surface area (Å²) in [5, 5.41) is 11.0. The van der Waals surface area contributed by atoms with Crippen LogP contribution in [0.15, 0.2) is 0 Å². The van der Waals surface area contributed by atoms with Gasteiger partial charge in [0.05, 0.1) is 12.2 Å². The zero-order chi connectivity index (χ0) is 30.1. The third-order valence-electron chi connectivity index (χ3n) is 11.5. The predicted molar refractivity (Wildman–Crippen MR) is 149 cm³/mol. The average molecular weight is 613 g/mol. The van der Waals surface area contributed by atoms with Gasteiger partial charge in [0.2, 0.25) is 0 Å². The Morgan fingerprint density at radius 2 is 1.63 bits per heavy atom. The molecule has 4 fully saturated rings. The first-order valence-corrected chi connectivity index (χ1v) is 17.3. The highest BCUT2D eigenvalue weighted by atomic mass is 32.2. The smallest absolute Gasteiger partial charge is 0.453 e. The first kappa shape index (κ1) is 33.4. The fourth-order valence-corrected chi connectivity index (χ4v) is 10.3. The normalized spacial score (nSPS) is 38.3. The van der Waals surface area contributed by atoms with Crippen molar-refractivity contribution in [2.75, 3.05) is 18.1 Å². The summed E-state index contributed by atoms with van der Waals surface area (Å²) in [6.45, 7) is 5.30. The van der Waals surface area contributed by atoms with E-state index in [4.69, 9.17) is 4.74 Å². The topological polar surface area (TPSA) is 69.6 Å². The van der Waals surface area contributed by atoms with Crippen LogP contribution in [0.5, 0.6) is 0 Å². The predicted octanol–water partition coefficient (Wildman–Crippen LogP) is 7.63. The van der Waals surface area contributed by atoms with Gasteiger partial charge in [0.1, 0.15) is 17.3 Å². The van der Waals surface area contributed by atoms with Crippen LogP contribution in [0.1, 0.15) is 110 Å². The second-order valence-electron chi connectivity index (χ2n) is 14.0. The van der Waals surface area contributed by atoms with E-state index in [1.165, 1.54) is 0 Å². The molecule has 0 spiro atoms. The van der Waals surface area contributed by atoms with Gasteiger partial charge in [0.15, 0.2) is 0 Å². The van der Waals surface area contributed by atoms with Crippen LogP contribution in [-0.4, -0.2) is 57.9 Å². The van der Waals surface area contributed by atoms with Gasteiger partial charge < -0.3 is 14.4 Å². The van der Waals surface area contributed by atoms with Crippen LogP contribution in [0.2, 0.25) is 0 Å². The second kappa shape index (κ2) is 13.3. The third kappa shape index (κ3) is 7.28. The van der Waals surface area contributed by atoms with Crippen molar-refractivity contribution in [3.8, 4) is 0 Å². The molecule has 4 saturated carbocycles. The SMILES string of the molecule is C[C@]12CCC(=O)CC1CC[C@@H]1[C@H]2C(OCCCCCCC[S+]([O-])CCCC(F)(F)C(F)(F)F)C[C@]2(C)C(O)CC[C@@H]12. The lowest BCUT2D eigenvalue weighted by Gasteiger charge is -2.62. The Morgan fingerprint density at radius 1 is 0.951 bits per heavy atom. The van der Waals surface area contributed by atoms with Crippen LogP contribution in [0, 0.1) is 34.5 Å². The molecule has 9 atom stereocenters. The summed E-state index contributed by atoms with van der Waals surface area (Å²) in [6, 6.07) is 0. The van der Waals surface area contributed by atoms with Crippen molar-refractivity contribution >= 4 is 17.0 Å². The van der Waals surface area contributed by atoms with E-state index in [0.717, 1.165) is 64.2 Å². The summed E-state index contributed by atoms with van der Waals surface area (Å²) in [4.78, 5) is 12.3. The zero-order valence-electron chi connectivity index (χ0n) is 24.7. The number of carbonyl (C=O) groups excluding carboxylic acids is 1. The number of aliphatic hydroxyl groups is 1. The van der Waals surface area contributed by atoms with Crippen LogP contribution in [-0.2, 0) is 20.7 Å². The fourth-order valence-electron chi connectivity index (χ4n) is 9.09. The van der Waals surface area contributed by atoms with Crippen molar-refractivity contribution in [2.45, 2.75) is 134 Å². The molecule has 0 radical (unpaired) electrons. The maximum absolute atomic E-state index is 13.0. The van der Waals surface area contributed by atoms with E-state index in [-0.39, 0.29) is 28.8 Å². The molecule has 1 N–H and O–H groups in total. The number of unbranched alkanes of at least 4 members (excludes halogenated alkanes) is 4. The molecule has 0 aromatic carbocycles. The lowest BCUT2D eigenvalue weighted by Crippen LogP contribution is -2.60. The van der Waals surface area contributed by atoms with Gasteiger partial charge >= 0.3 is 12.1 Å². The van der Waals surface area contributed by atoms with E-state index in [2.05, 4.69) is 13.8 Å². The number of ether oxygens (including phenoxy) is 1. The molecule has 41 heavy (non-hydrogen) atoms. The Bertz CT molecular complexity index is 887. The standard InChI is InChI=1S/C31H49F5O4S/c1-28-15-13-22(37)19-21(28)9-10-23-24-11-12-26(38)29(24,2)20-25(27(23)28)40-16-6-4-3-5-7-17-41(39)18-8-14-30(32,33)31(34,35)36/h21,23-27,38H,3-20H2,1-2H3/t21?,23-,24-,25?,26?,27-,28-,29-,41?/m0/s1. The molecule has 0 amide bonds. The minimum atomic E-state index is -5.55. The number of fused-ring (bicyclic) bond motifs is 5. The highest BCUT2D eigenvalue weighted by Crippen LogP contribution is 2.66. The molecular weight excluding hydrogens is 563 g/mol. The highest BCUT2D eigenvalue weighted by molar-refractivity contribution is 7.91. The summed E-state index contributed by atoms with van der Waals surface area (Å²) in [5.41, 5.74) is -0.00748. The van der Waals surface area contributed by atoms with Crippen molar-refractivity contribution in [2.24, 2.45) is 34.5 Å². The van der Waals surface area contributed by atoms with Crippen LogP contribution >= 0.6 is 0 Å². The number of alkyl halides is 5. The lowest BCUT2D eigenvalue weighted by molar-refractivity contribution is -0.284. The summed E-state index contributed by atoms with van der Waals surface area (Å²) < 4.78 is 81.3. The minimum Gasteiger partial charge on any atom is -0.616 e. The maximum atomic E-state index is 13.0. The molecule has 0 aliphatic heterocycles. The van der Waals surface area contributed by atoms with Gasteiger partial charge in [-0.15, -0.1) is 0 Å². The number of Topliss-reactive ketones (excluding diaryl/α,β-unsaturated/α-hetero) is 1. The Balaban J connectivity index is 1.19. The molecule has 4 rings (SSSR count). The van der Waals surface area contributed by atoms with Gasteiger partial charge in [-0.25, -0.2) is 0 Å². The molecule has 4 aliphatic carbocycles. The number of hydrogen-bond acceptors (Lipinski definition) is 4. The second-order valence-corrected chi connectivity index (χ2v) is 15.6. The molecular formula is C31H49F5O4S. The Hall–Kier alpha value is -0.450. The molecule has 0 heterocycles. The van der Waals surface area contributed by atoms with E-state index in [1.54, 1.807) is 0 Å². The molecule has 0 aromatic heterocycles. The van der Waals surface area contributed by atoms with E-state index in [1.807, 2.05) is 0 Å². The molecule has 0 bridgehead atoms. The number of ketones is 1. The van der Waals surface area contributed by atoms with E-state index in [0.29, 0.717) is 61.1 Å². The minimum absolute atomic E-state index is 0.0853. The van der Waals surface area contributed by atoms with Gasteiger partial charge in [-0.05, 0) is 98.7 Å². The van der Waals surface area contributed by atoms with Crippen LogP contribution in [0.4, 0.5) is 22.0 Å². The Kier molecular flexibility index (Phi) is 10.8. The first-order chi connectivity index (χ1) is 19.2. The molecule has 0 aromatic rings. The van der Waals surface area contributed by atoms with Gasteiger partial charge in [0, 0.05) is 25.9 Å². The monoisotopic (exact) mass is 612 g/mol. The van der Waals surface area contributed by atoms with Crippen LogP contribution in [0.3, 0.4) is 0 Å². The van der Waals surface area contributed by atoms with Gasteiger partial charge in [-0.2, -0.15) is 22.0 Å². The number of hydrogen-bond donors (Lipinski definition) is 1. The Morgan fingerprint density at radius 3 is 2.37 bits per heavy atom. The summed E-state index contributed by atoms with van der Waals surface area (Å²) >= 11 is -1.38. The van der Waals surface area contributed by atoms with Crippen LogP contribution < -0.4 is 0 Å². The van der Waals surface area contributed by atoms with E-state index < -0.39 is 36.1 Å². The van der Waals surface area contributed by atoms with E-state index in [9.17, 15) is 36.4 Å². The molecule has 238 valence electrons. The maximum Gasteiger partial charge on any atom is 0.453 e. The lowest BCUT2D eigenvalue weighted by atomic mass is 9.44. The van der Waals surface area contributed by atoms with Gasteiger partial charge in [0.25, 0.3) is 0 Å². The van der Waals surface area contributed by atoms with Gasteiger partial charge in [-0.1, -0.05) is 37.9 Å². The highest BCUT2D eigenvalue weighted by Gasteiger charge is 2.63.